The van der Waals surface area contributed by atoms with E-state index in [1.807, 2.05) is 12.1 Å². The van der Waals surface area contributed by atoms with Crippen molar-refractivity contribution in [3.63, 3.8) is 0 Å². The van der Waals surface area contributed by atoms with Crippen molar-refractivity contribution in [2.75, 3.05) is 19.6 Å². The molecule has 0 spiro atoms. The van der Waals surface area contributed by atoms with Crippen molar-refractivity contribution in [1.29, 1.82) is 0 Å². The number of benzene rings is 2. The Morgan fingerprint density at radius 1 is 0.957 bits per heavy atom. The Kier molecular flexibility index (Phi) is 3.81. The van der Waals surface area contributed by atoms with E-state index in [0.717, 1.165) is 24.0 Å². The second-order valence-corrected chi connectivity index (χ2v) is 6.50. The normalized spacial score (nSPS) is 20.5. The molecule has 0 saturated carbocycles. The lowest BCUT2D eigenvalue weighted by Crippen LogP contribution is -2.33. The summed E-state index contributed by atoms with van der Waals surface area (Å²) in [6.45, 7) is 2.72. The van der Waals surface area contributed by atoms with Crippen LogP contribution < -0.4 is 0 Å². The van der Waals surface area contributed by atoms with Crippen molar-refractivity contribution in [3.05, 3.63) is 48.5 Å². The van der Waals surface area contributed by atoms with Crippen LogP contribution in [-0.4, -0.2) is 51.5 Å². The highest BCUT2D eigenvalue weighted by Crippen LogP contribution is 2.28. The Hall–Kier alpha value is -1.88. The predicted octanol–water partition coefficient (Wildman–Crippen LogP) is 2.22. The number of rotatable bonds is 4. The third-order valence-electron chi connectivity index (χ3n) is 4.79. The van der Waals surface area contributed by atoms with Crippen molar-refractivity contribution in [2.45, 2.75) is 25.2 Å². The smallest absolute Gasteiger partial charge is 0.0845 e. The van der Waals surface area contributed by atoms with Crippen LogP contribution in [0.1, 0.15) is 6.42 Å². The van der Waals surface area contributed by atoms with Gasteiger partial charge in [0.05, 0.1) is 18.8 Å². The van der Waals surface area contributed by atoms with Gasteiger partial charge in [0.1, 0.15) is 0 Å². The average Bonchev–Trinajstić information content (AvgIpc) is 3.10. The van der Waals surface area contributed by atoms with Gasteiger partial charge in [0.15, 0.2) is 0 Å². The molecule has 4 nitrogen and oxygen atoms in total. The van der Waals surface area contributed by atoms with Gasteiger partial charge in [-0.2, -0.15) is 0 Å². The molecule has 0 bridgehead atoms. The van der Waals surface area contributed by atoms with Crippen molar-refractivity contribution in [3.8, 4) is 0 Å². The van der Waals surface area contributed by atoms with Crippen LogP contribution in [0.2, 0.25) is 0 Å². The summed E-state index contributed by atoms with van der Waals surface area (Å²) >= 11 is 0. The van der Waals surface area contributed by atoms with Crippen LogP contribution in [0.5, 0.6) is 0 Å². The van der Waals surface area contributed by atoms with Crippen LogP contribution in [0.4, 0.5) is 0 Å². The number of likely N-dealkylation sites (tertiary alicyclic amines) is 1. The molecule has 1 unspecified atom stereocenters. The van der Waals surface area contributed by atoms with Crippen LogP contribution in [0.3, 0.4) is 0 Å². The van der Waals surface area contributed by atoms with Gasteiger partial charge in [-0.3, -0.25) is 4.90 Å². The molecule has 3 aromatic rings. The molecule has 4 heteroatoms. The van der Waals surface area contributed by atoms with Gasteiger partial charge in [-0.1, -0.05) is 36.4 Å². The molecule has 1 fully saturated rings. The maximum atomic E-state index is 10.5. The zero-order valence-electron chi connectivity index (χ0n) is 13.1. The maximum Gasteiger partial charge on any atom is 0.0845 e. The average molecular weight is 310 g/mol. The first-order valence-electron chi connectivity index (χ1n) is 8.27. The lowest BCUT2D eigenvalue weighted by molar-refractivity contribution is 0.101. The fourth-order valence-electron chi connectivity index (χ4n) is 3.74. The Morgan fingerprint density at radius 3 is 2.13 bits per heavy atom. The topological polar surface area (TPSA) is 48.6 Å². The summed E-state index contributed by atoms with van der Waals surface area (Å²) in [7, 11) is 0. The molecule has 4 rings (SSSR count). The van der Waals surface area contributed by atoms with Crippen LogP contribution in [0.15, 0.2) is 48.5 Å². The van der Waals surface area contributed by atoms with Gasteiger partial charge in [0, 0.05) is 41.4 Å². The van der Waals surface area contributed by atoms with E-state index in [2.05, 4.69) is 45.9 Å². The summed E-state index contributed by atoms with van der Waals surface area (Å²) in [5.41, 5.74) is 2.32. The molecule has 2 N–H and O–H groups in total. The number of aliphatic hydroxyl groups excluding tert-OH is 2. The Bertz CT molecular complexity index is 773. The summed E-state index contributed by atoms with van der Waals surface area (Å²) in [5.74, 6) is 0. The molecule has 1 aromatic heterocycles. The standard InChI is InChI=1S/C19H22N2O2/c22-14-9-10-20(11-14)12-15(23)13-21-18-7-3-1-5-16(18)17-6-2-4-8-19(17)21/h1-8,14-15,22-23H,9-13H2/t14-,15?/m1/s1. The summed E-state index contributed by atoms with van der Waals surface area (Å²) < 4.78 is 2.21. The van der Waals surface area contributed by atoms with Crippen molar-refractivity contribution in [2.24, 2.45) is 0 Å². The molecule has 1 aliphatic rings. The number of aliphatic hydroxyl groups is 2. The van der Waals surface area contributed by atoms with Crippen LogP contribution in [-0.2, 0) is 6.54 Å². The van der Waals surface area contributed by atoms with E-state index < -0.39 is 6.10 Å². The van der Waals surface area contributed by atoms with E-state index in [0.29, 0.717) is 19.6 Å². The number of aromatic nitrogens is 1. The minimum Gasteiger partial charge on any atom is -0.392 e. The fraction of sp³-hybridized carbons (Fsp3) is 0.368. The minimum atomic E-state index is -0.445. The van der Waals surface area contributed by atoms with Gasteiger partial charge in [-0.05, 0) is 18.6 Å². The summed E-state index contributed by atoms with van der Waals surface area (Å²) in [6, 6.07) is 16.7. The molecule has 120 valence electrons. The monoisotopic (exact) mass is 310 g/mol. The third-order valence-corrected chi connectivity index (χ3v) is 4.79. The number of nitrogens with zero attached hydrogens (tertiary/aromatic N) is 2. The van der Waals surface area contributed by atoms with Crippen molar-refractivity contribution in [1.82, 2.24) is 9.47 Å². The van der Waals surface area contributed by atoms with Gasteiger partial charge in [0.2, 0.25) is 0 Å². The molecule has 23 heavy (non-hydrogen) atoms. The molecular formula is C19H22N2O2. The Balaban J connectivity index is 1.64. The van der Waals surface area contributed by atoms with Crippen LogP contribution in [0, 0.1) is 0 Å². The predicted molar refractivity (Wildman–Crippen MR) is 92.5 cm³/mol. The van der Waals surface area contributed by atoms with Gasteiger partial charge < -0.3 is 14.8 Å². The van der Waals surface area contributed by atoms with E-state index in [1.54, 1.807) is 0 Å². The second kappa shape index (κ2) is 5.96. The van der Waals surface area contributed by atoms with Gasteiger partial charge in [-0.25, -0.2) is 0 Å². The summed E-state index contributed by atoms with van der Waals surface area (Å²) in [6.07, 6.45) is 0.122. The molecule has 2 heterocycles. The van der Waals surface area contributed by atoms with Crippen LogP contribution in [0.25, 0.3) is 21.8 Å². The molecular weight excluding hydrogens is 288 g/mol. The highest BCUT2D eigenvalue weighted by molar-refractivity contribution is 6.07. The van der Waals surface area contributed by atoms with E-state index in [-0.39, 0.29) is 6.10 Å². The quantitative estimate of drug-likeness (QED) is 0.777. The van der Waals surface area contributed by atoms with Gasteiger partial charge in [-0.15, -0.1) is 0 Å². The highest BCUT2D eigenvalue weighted by Gasteiger charge is 2.23. The first kappa shape index (κ1) is 14.7. The second-order valence-electron chi connectivity index (χ2n) is 6.50. The SMILES string of the molecule is OC(CN1CC[C@@H](O)C1)Cn1c2ccccc2c2ccccc21. The zero-order valence-corrected chi connectivity index (χ0v) is 13.1. The third kappa shape index (κ3) is 2.74. The molecule has 1 saturated heterocycles. The first-order chi connectivity index (χ1) is 11.2. The highest BCUT2D eigenvalue weighted by atomic mass is 16.3. The molecule has 0 aliphatic carbocycles. The number of hydrogen-bond acceptors (Lipinski definition) is 3. The van der Waals surface area contributed by atoms with Crippen molar-refractivity contribution < 1.29 is 10.2 Å². The summed E-state index contributed by atoms with van der Waals surface area (Å²) in [4.78, 5) is 2.14. The number of hydrogen-bond donors (Lipinski definition) is 2. The summed E-state index contributed by atoms with van der Waals surface area (Å²) in [5, 5.41) is 22.6. The van der Waals surface area contributed by atoms with Gasteiger partial charge >= 0.3 is 0 Å². The van der Waals surface area contributed by atoms with E-state index >= 15 is 0 Å². The zero-order chi connectivity index (χ0) is 15.8. The Labute approximate surface area is 135 Å². The number of para-hydroxylation sites is 2. The lowest BCUT2D eigenvalue weighted by atomic mass is 10.2. The maximum absolute atomic E-state index is 10.5. The van der Waals surface area contributed by atoms with E-state index in [1.165, 1.54) is 10.8 Å². The van der Waals surface area contributed by atoms with E-state index in [4.69, 9.17) is 0 Å². The molecule has 0 amide bonds. The molecule has 2 atom stereocenters. The van der Waals surface area contributed by atoms with Crippen molar-refractivity contribution >= 4 is 21.8 Å². The van der Waals surface area contributed by atoms with E-state index in [9.17, 15) is 10.2 Å². The van der Waals surface area contributed by atoms with Crippen LogP contribution >= 0.6 is 0 Å². The number of β-amino-alcohol motifs (C(OH)–C–C–N with tert-alkyl or cyclic N) is 2. The largest absolute Gasteiger partial charge is 0.392 e. The number of fused-ring (bicyclic) bond motifs is 3. The molecule has 2 aromatic carbocycles. The Morgan fingerprint density at radius 2 is 1.57 bits per heavy atom. The lowest BCUT2D eigenvalue weighted by Gasteiger charge is -2.20. The van der Waals surface area contributed by atoms with Gasteiger partial charge in [0.25, 0.3) is 0 Å². The fourth-order valence-corrected chi connectivity index (χ4v) is 3.74. The minimum absolute atomic E-state index is 0.240. The first-order valence-corrected chi connectivity index (χ1v) is 8.27. The molecule has 1 aliphatic heterocycles. The molecule has 0 radical (unpaired) electrons.